The molecule has 1 aliphatic rings. The molecular weight excluding hydrogens is 289 g/mol. The summed E-state index contributed by atoms with van der Waals surface area (Å²) in [5.74, 6) is -0.116. The second kappa shape index (κ2) is 11.7. The molecule has 7 heteroatoms. The van der Waals surface area contributed by atoms with Crippen molar-refractivity contribution in [3.8, 4) is 0 Å². The van der Waals surface area contributed by atoms with Crippen LogP contribution in [0, 0.1) is 0 Å². The summed E-state index contributed by atoms with van der Waals surface area (Å²) in [6.45, 7) is 1.77. The Kier molecular flexibility index (Phi) is 13.1. The molecule has 19 heavy (non-hydrogen) atoms. The number of nitrogens with two attached hydrogens (primary N) is 1. The fourth-order valence-corrected chi connectivity index (χ4v) is 2.31. The zero-order valence-electron chi connectivity index (χ0n) is 11.8. The van der Waals surface area contributed by atoms with Crippen LogP contribution < -0.4 is 11.1 Å². The number of nitrogens with one attached hydrogen (secondary N) is 1. The van der Waals surface area contributed by atoms with Gasteiger partial charge in [0.1, 0.15) is 6.10 Å². The third kappa shape index (κ3) is 7.32. The van der Waals surface area contributed by atoms with Gasteiger partial charge in [0.05, 0.1) is 0 Å². The molecule has 1 fully saturated rings. The minimum atomic E-state index is -0.521. The minimum Gasteiger partial charge on any atom is -0.370 e. The van der Waals surface area contributed by atoms with Crippen molar-refractivity contribution >= 4 is 30.7 Å². The Labute approximate surface area is 128 Å². The van der Waals surface area contributed by atoms with E-state index >= 15 is 0 Å². The van der Waals surface area contributed by atoms with Crippen molar-refractivity contribution in [2.24, 2.45) is 5.73 Å². The van der Waals surface area contributed by atoms with Crippen LogP contribution in [0.15, 0.2) is 0 Å². The zero-order chi connectivity index (χ0) is 12.7. The van der Waals surface area contributed by atoms with Gasteiger partial charge in [-0.3, -0.25) is 4.79 Å². The maximum Gasteiger partial charge on any atom is 0.250 e. The van der Waals surface area contributed by atoms with Crippen LogP contribution >= 0.6 is 24.8 Å². The van der Waals surface area contributed by atoms with E-state index in [-0.39, 0.29) is 37.3 Å². The number of methoxy groups -OCH3 is 1. The minimum absolute atomic E-state index is 0. The lowest BCUT2D eigenvalue weighted by Gasteiger charge is -2.24. The maximum atomic E-state index is 11.6. The van der Waals surface area contributed by atoms with Crippen LogP contribution in [0.3, 0.4) is 0 Å². The van der Waals surface area contributed by atoms with Crippen LogP contribution in [-0.2, 0) is 9.53 Å². The van der Waals surface area contributed by atoms with Crippen molar-refractivity contribution < 1.29 is 9.53 Å². The third-order valence-corrected chi connectivity index (χ3v) is 3.50. The van der Waals surface area contributed by atoms with Crippen LogP contribution in [0.1, 0.15) is 25.7 Å². The monoisotopic (exact) mass is 315 g/mol. The lowest BCUT2D eigenvalue weighted by molar-refractivity contribution is -0.130. The summed E-state index contributed by atoms with van der Waals surface area (Å²) < 4.78 is 4.97. The molecule has 0 aromatic heterocycles. The summed E-state index contributed by atoms with van der Waals surface area (Å²) in [5, 5.41) is 2.85. The number of halogens is 2. The number of hydrogen-bond acceptors (Lipinski definition) is 4. The molecule has 0 radical (unpaired) electrons. The molecule has 1 amide bonds. The highest BCUT2D eigenvalue weighted by Gasteiger charge is 2.20. The summed E-state index contributed by atoms with van der Waals surface area (Å²) in [4.78, 5) is 13.9. The van der Waals surface area contributed by atoms with Crippen molar-refractivity contribution in [2.75, 3.05) is 33.8 Å². The Morgan fingerprint density at radius 2 is 2.00 bits per heavy atom. The Bertz CT molecular complexity index is 235. The predicted molar refractivity (Wildman–Crippen MR) is 82.2 cm³/mol. The zero-order valence-corrected chi connectivity index (χ0v) is 13.4. The number of nitrogens with zero attached hydrogens (tertiary/aromatic N) is 1. The first-order valence-electron chi connectivity index (χ1n) is 6.39. The highest BCUT2D eigenvalue weighted by atomic mass is 35.5. The van der Waals surface area contributed by atoms with E-state index in [4.69, 9.17) is 10.5 Å². The Morgan fingerprint density at radius 3 is 2.47 bits per heavy atom. The van der Waals surface area contributed by atoms with Gasteiger partial charge in [-0.05, 0) is 19.9 Å². The van der Waals surface area contributed by atoms with Crippen LogP contribution in [0.25, 0.3) is 0 Å². The molecule has 5 nitrogen and oxygen atoms in total. The maximum absolute atomic E-state index is 11.6. The van der Waals surface area contributed by atoms with Gasteiger partial charge in [0, 0.05) is 32.8 Å². The van der Waals surface area contributed by atoms with E-state index in [9.17, 15) is 4.79 Å². The molecule has 1 unspecified atom stereocenters. The molecule has 1 aliphatic carbocycles. The molecule has 0 aromatic carbocycles. The van der Waals surface area contributed by atoms with Gasteiger partial charge in [-0.25, -0.2) is 0 Å². The lowest BCUT2D eigenvalue weighted by atomic mass is 10.2. The van der Waals surface area contributed by atoms with Crippen LogP contribution in [0.2, 0.25) is 0 Å². The molecule has 0 saturated heterocycles. The summed E-state index contributed by atoms with van der Waals surface area (Å²) in [5.41, 5.74) is 5.42. The van der Waals surface area contributed by atoms with Gasteiger partial charge < -0.3 is 20.7 Å². The molecule has 0 spiro atoms. The molecule has 1 rings (SSSR count). The van der Waals surface area contributed by atoms with E-state index in [1.54, 1.807) is 0 Å². The Balaban J connectivity index is 0. The van der Waals surface area contributed by atoms with Crippen LogP contribution in [0.4, 0.5) is 0 Å². The normalized spacial score (nSPS) is 16.6. The quantitative estimate of drug-likeness (QED) is 0.729. The van der Waals surface area contributed by atoms with E-state index in [0.717, 1.165) is 6.54 Å². The molecule has 1 saturated carbocycles. The van der Waals surface area contributed by atoms with Crippen molar-refractivity contribution in [1.82, 2.24) is 10.2 Å². The standard InChI is InChI=1S/C12H25N3O2.2ClH/c1-15(10-5-3-4-6-10)8-7-14-12(16)11(9-13)17-2;;/h10-11H,3-9,13H2,1-2H3,(H,14,16);2*1H. The highest BCUT2D eigenvalue weighted by Crippen LogP contribution is 2.21. The number of carbonyl (C=O) groups is 1. The summed E-state index contributed by atoms with van der Waals surface area (Å²) in [6.07, 6.45) is 4.72. The van der Waals surface area contributed by atoms with Crippen molar-refractivity contribution in [2.45, 2.75) is 37.8 Å². The van der Waals surface area contributed by atoms with Gasteiger partial charge in [-0.1, -0.05) is 12.8 Å². The van der Waals surface area contributed by atoms with Gasteiger partial charge in [0.15, 0.2) is 0 Å². The number of carbonyl (C=O) groups excluding carboxylic acids is 1. The van der Waals surface area contributed by atoms with Gasteiger partial charge in [0.2, 0.25) is 5.91 Å². The van der Waals surface area contributed by atoms with Gasteiger partial charge in [-0.15, -0.1) is 24.8 Å². The SMILES string of the molecule is COC(CN)C(=O)NCCN(C)C1CCCC1.Cl.Cl. The van der Waals surface area contributed by atoms with Crippen LogP contribution in [0.5, 0.6) is 0 Å². The van der Waals surface area contributed by atoms with Crippen molar-refractivity contribution in [1.29, 1.82) is 0 Å². The smallest absolute Gasteiger partial charge is 0.250 e. The molecule has 0 heterocycles. The van der Waals surface area contributed by atoms with E-state index in [2.05, 4.69) is 17.3 Å². The predicted octanol–water partition coefficient (Wildman–Crippen LogP) is 0.794. The molecular formula is C12H27Cl2N3O2. The fourth-order valence-electron chi connectivity index (χ4n) is 2.31. The average molecular weight is 316 g/mol. The first-order valence-corrected chi connectivity index (χ1v) is 6.39. The van der Waals surface area contributed by atoms with Crippen molar-refractivity contribution in [3.63, 3.8) is 0 Å². The molecule has 0 bridgehead atoms. The third-order valence-electron chi connectivity index (χ3n) is 3.50. The number of rotatable bonds is 7. The van der Waals surface area contributed by atoms with Crippen molar-refractivity contribution in [3.05, 3.63) is 0 Å². The number of ether oxygens (including phenoxy) is 1. The molecule has 0 aliphatic heterocycles. The first-order chi connectivity index (χ1) is 8.19. The first kappa shape index (κ1) is 21.2. The molecule has 1 atom stereocenters. The average Bonchev–Trinajstić information content (AvgIpc) is 2.84. The second-order valence-corrected chi connectivity index (χ2v) is 4.67. The number of hydrogen-bond donors (Lipinski definition) is 2. The van der Waals surface area contributed by atoms with Gasteiger partial charge >= 0.3 is 0 Å². The largest absolute Gasteiger partial charge is 0.370 e. The Hall–Kier alpha value is -0.0700. The second-order valence-electron chi connectivity index (χ2n) is 4.67. The topological polar surface area (TPSA) is 67.6 Å². The fraction of sp³-hybridized carbons (Fsp3) is 0.917. The van der Waals surface area contributed by atoms with Gasteiger partial charge in [0.25, 0.3) is 0 Å². The summed E-state index contributed by atoms with van der Waals surface area (Å²) >= 11 is 0. The summed E-state index contributed by atoms with van der Waals surface area (Å²) in [6, 6.07) is 0.694. The summed E-state index contributed by atoms with van der Waals surface area (Å²) in [7, 11) is 3.63. The molecule has 3 N–H and O–H groups in total. The van der Waals surface area contributed by atoms with Gasteiger partial charge in [-0.2, -0.15) is 0 Å². The molecule has 0 aromatic rings. The Morgan fingerprint density at radius 1 is 1.42 bits per heavy atom. The molecule has 116 valence electrons. The van der Waals surface area contributed by atoms with E-state index in [0.29, 0.717) is 12.6 Å². The number of amides is 1. The van der Waals surface area contributed by atoms with Crippen LogP contribution in [-0.4, -0.2) is 56.7 Å². The van der Waals surface area contributed by atoms with E-state index in [1.807, 2.05) is 0 Å². The van der Waals surface area contributed by atoms with E-state index in [1.165, 1.54) is 32.8 Å². The van der Waals surface area contributed by atoms with E-state index < -0.39 is 6.10 Å². The highest BCUT2D eigenvalue weighted by molar-refractivity contribution is 5.85. The lowest BCUT2D eigenvalue weighted by Crippen LogP contribution is -2.44. The number of likely N-dealkylation sites (N-methyl/N-ethyl adjacent to an activating group) is 1.